The van der Waals surface area contributed by atoms with E-state index < -0.39 is 10.0 Å². The first kappa shape index (κ1) is 15.3. The Morgan fingerprint density at radius 2 is 1.85 bits per heavy atom. The summed E-state index contributed by atoms with van der Waals surface area (Å²) < 4.78 is 26.6. The van der Waals surface area contributed by atoms with Gasteiger partial charge in [-0.3, -0.25) is 0 Å². The highest BCUT2D eigenvalue weighted by Gasteiger charge is 2.26. The maximum absolute atomic E-state index is 12.5. The lowest BCUT2D eigenvalue weighted by atomic mass is 10.1. The van der Waals surface area contributed by atoms with Crippen LogP contribution in [0.1, 0.15) is 44.1 Å². The summed E-state index contributed by atoms with van der Waals surface area (Å²) in [5.41, 5.74) is 7.07. The van der Waals surface area contributed by atoms with Gasteiger partial charge in [0, 0.05) is 18.8 Å². The lowest BCUT2D eigenvalue weighted by Gasteiger charge is -2.26. The molecule has 0 radical (unpaired) electrons. The third kappa shape index (κ3) is 3.96. The minimum absolute atomic E-state index is 0.0328. The fraction of sp³-hybridized carbons (Fsp3) is 0.600. The van der Waals surface area contributed by atoms with Gasteiger partial charge in [0.1, 0.15) is 0 Å². The van der Waals surface area contributed by atoms with Crippen molar-refractivity contribution in [1.29, 1.82) is 0 Å². The molecule has 1 aromatic rings. The number of nitrogens with zero attached hydrogens (tertiary/aromatic N) is 1. The van der Waals surface area contributed by atoms with Crippen LogP contribution in [0.4, 0.5) is 5.69 Å². The van der Waals surface area contributed by atoms with Gasteiger partial charge in [-0.2, -0.15) is 0 Å². The van der Waals surface area contributed by atoms with Crippen LogP contribution in [-0.2, 0) is 15.8 Å². The van der Waals surface area contributed by atoms with Gasteiger partial charge in [0.25, 0.3) is 0 Å². The third-order valence-corrected chi connectivity index (χ3v) is 5.95. The van der Waals surface area contributed by atoms with Crippen molar-refractivity contribution in [3.63, 3.8) is 0 Å². The first-order valence-electron chi connectivity index (χ1n) is 7.29. The molecule has 1 fully saturated rings. The lowest BCUT2D eigenvalue weighted by Crippen LogP contribution is -2.37. The Morgan fingerprint density at radius 3 is 2.45 bits per heavy atom. The molecule has 2 rings (SSSR count). The van der Waals surface area contributed by atoms with Crippen molar-refractivity contribution in [2.24, 2.45) is 0 Å². The summed E-state index contributed by atoms with van der Waals surface area (Å²) in [6.07, 6.45) is 6.66. The zero-order valence-corrected chi connectivity index (χ0v) is 12.9. The number of benzene rings is 1. The zero-order valence-electron chi connectivity index (χ0n) is 12.1. The Kier molecular flexibility index (Phi) is 5.05. The minimum Gasteiger partial charge on any atom is -0.399 e. The maximum Gasteiger partial charge on any atom is 0.218 e. The van der Waals surface area contributed by atoms with E-state index in [1.165, 1.54) is 12.8 Å². The van der Waals surface area contributed by atoms with Gasteiger partial charge in [-0.15, -0.1) is 0 Å². The van der Waals surface area contributed by atoms with E-state index in [0.717, 1.165) is 31.2 Å². The summed E-state index contributed by atoms with van der Waals surface area (Å²) in [5, 5.41) is 0. The quantitative estimate of drug-likeness (QED) is 0.686. The summed E-state index contributed by atoms with van der Waals surface area (Å²) in [5.74, 6) is 0.0328. The van der Waals surface area contributed by atoms with Gasteiger partial charge in [0.2, 0.25) is 10.0 Å². The highest BCUT2D eigenvalue weighted by Crippen LogP contribution is 2.24. The molecule has 0 aliphatic heterocycles. The Morgan fingerprint density at radius 1 is 1.20 bits per heavy atom. The Labute approximate surface area is 122 Å². The summed E-state index contributed by atoms with van der Waals surface area (Å²) in [6, 6.07) is 7.27. The molecule has 1 aliphatic rings. The highest BCUT2D eigenvalue weighted by atomic mass is 32.2. The third-order valence-electron chi connectivity index (χ3n) is 4.08. The summed E-state index contributed by atoms with van der Waals surface area (Å²) in [6.45, 7) is 0. The molecular weight excluding hydrogens is 272 g/mol. The van der Waals surface area contributed by atoms with Crippen LogP contribution < -0.4 is 5.73 Å². The molecule has 20 heavy (non-hydrogen) atoms. The van der Waals surface area contributed by atoms with E-state index in [2.05, 4.69) is 0 Å². The topological polar surface area (TPSA) is 63.4 Å². The van der Waals surface area contributed by atoms with Gasteiger partial charge in [0.05, 0.1) is 5.75 Å². The average Bonchev–Trinajstić information content (AvgIpc) is 2.66. The first-order chi connectivity index (χ1) is 9.49. The zero-order chi connectivity index (χ0) is 14.6. The number of anilines is 1. The SMILES string of the molecule is CN(C1CCCCCC1)S(=O)(=O)Cc1cccc(N)c1. The van der Waals surface area contributed by atoms with Gasteiger partial charge >= 0.3 is 0 Å². The van der Waals surface area contributed by atoms with E-state index in [4.69, 9.17) is 5.73 Å². The smallest absolute Gasteiger partial charge is 0.218 e. The van der Waals surface area contributed by atoms with Gasteiger partial charge < -0.3 is 5.73 Å². The molecule has 0 atom stereocenters. The molecule has 1 saturated carbocycles. The van der Waals surface area contributed by atoms with Crippen LogP contribution in [0.5, 0.6) is 0 Å². The number of hydrogen-bond donors (Lipinski definition) is 1. The van der Waals surface area contributed by atoms with Gasteiger partial charge in [-0.1, -0.05) is 37.8 Å². The molecule has 2 N–H and O–H groups in total. The second-order valence-corrected chi connectivity index (χ2v) is 7.69. The van der Waals surface area contributed by atoms with E-state index in [-0.39, 0.29) is 11.8 Å². The molecule has 4 nitrogen and oxygen atoms in total. The highest BCUT2D eigenvalue weighted by molar-refractivity contribution is 7.88. The van der Waals surface area contributed by atoms with Crippen molar-refractivity contribution >= 4 is 15.7 Å². The molecule has 0 amide bonds. The standard InChI is InChI=1S/C15H24N2O2S/c1-17(15-9-4-2-3-5-10-15)20(18,19)12-13-7-6-8-14(16)11-13/h6-8,11,15H,2-5,9-10,12,16H2,1H3. The van der Waals surface area contributed by atoms with Crippen molar-refractivity contribution in [2.75, 3.05) is 12.8 Å². The fourth-order valence-corrected chi connectivity index (χ4v) is 4.31. The first-order valence-corrected chi connectivity index (χ1v) is 8.90. The van der Waals surface area contributed by atoms with Gasteiger partial charge in [-0.05, 0) is 30.5 Å². The van der Waals surface area contributed by atoms with Crippen LogP contribution in [0.3, 0.4) is 0 Å². The van der Waals surface area contributed by atoms with Gasteiger partial charge in [0.15, 0.2) is 0 Å². The number of rotatable bonds is 4. The monoisotopic (exact) mass is 296 g/mol. The predicted octanol–water partition coefficient (Wildman–Crippen LogP) is 2.75. The van der Waals surface area contributed by atoms with Crippen LogP contribution in [0.2, 0.25) is 0 Å². The van der Waals surface area contributed by atoms with E-state index in [1.54, 1.807) is 29.6 Å². The van der Waals surface area contributed by atoms with Crippen molar-refractivity contribution in [3.8, 4) is 0 Å². The summed E-state index contributed by atoms with van der Waals surface area (Å²) >= 11 is 0. The van der Waals surface area contributed by atoms with E-state index in [0.29, 0.717) is 5.69 Å². The maximum atomic E-state index is 12.5. The van der Waals surface area contributed by atoms with Gasteiger partial charge in [-0.25, -0.2) is 12.7 Å². The van der Waals surface area contributed by atoms with E-state index in [9.17, 15) is 8.42 Å². The number of sulfonamides is 1. The van der Waals surface area contributed by atoms with E-state index >= 15 is 0 Å². The Bertz CT molecular complexity index is 535. The molecule has 1 aliphatic carbocycles. The molecule has 112 valence electrons. The second kappa shape index (κ2) is 6.59. The molecule has 0 bridgehead atoms. The van der Waals surface area contributed by atoms with Crippen molar-refractivity contribution in [1.82, 2.24) is 4.31 Å². The van der Waals surface area contributed by atoms with Crippen molar-refractivity contribution in [2.45, 2.75) is 50.3 Å². The van der Waals surface area contributed by atoms with E-state index in [1.807, 2.05) is 6.07 Å². The van der Waals surface area contributed by atoms with Crippen LogP contribution in [-0.4, -0.2) is 25.8 Å². The number of hydrogen-bond acceptors (Lipinski definition) is 3. The Balaban J connectivity index is 2.08. The van der Waals surface area contributed by atoms with Crippen molar-refractivity contribution in [3.05, 3.63) is 29.8 Å². The molecule has 0 aromatic heterocycles. The summed E-state index contributed by atoms with van der Waals surface area (Å²) in [7, 11) is -1.55. The normalized spacial score (nSPS) is 18.1. The van der Waals surface area contributed by atoms with Crippen LogP contribution in [0, 0.1) is 0 Å². The predicted molar refractivity (Wildman–Crippen MR) is 82.7 cm³/mol. The average molecular weight is 296 g/mol. The summed E-state index contributed by atoms with van der Waals surface area (Å²) in [4.78, 5) is 0. The molecular formula is C15H24N2O2S. The largest absolute Gasteiger partial charge is 0.399 e. The van der Waals surface area contributed by atoms with Crippen LogP contribution in [0.15, 0.2) is 24.3 Å². The Hall–Kier alpha value is -1.07. The lowest BCUT2D eigenvalue weighted by molar-refractivity contribution is 0.335. The molecule has 1 aromatic carbocycles. The minimum atomic E-state index is -3.27. The molecule has 5 heteroatoms. The molecule has 0 saturated heterocycles. The van der Waals surface area contributed by atoms with Crippen LogP contribution in [0.25, 0.3) is 0 Å². The molecule has 0 heterocycles. The fourth-order valence-electron chi connectivity index (χ4n) is 2.84. The van der Waals surface area contributed by atoms with Crippen molar-refractivity contribution < 1.29 is 8.42 Å². The molecule has 0 spiro atoms. The second-order valence-electron chi connectivity index (χ2n) is 5.66. The number of nitrogen functional groups attached to an aromatic ring is 1. The number of nitrogens with two attached hydrogens (primary N) is 1. The van der Waals surface area contributed by atoms with Crippen LogP contribution >= 0.6 is 0 Å². The molecule has 0 unspecified atom stereocenters.